The van der Waals surface area contributed by atoms with E-state index in [1.54, 1.807) is 0 Å². The van der Waals surface area contributed by atoms with Crippen LogP contribution < -0.4 is 11.1 Å². The number of nitrogens with one attached hydrogen (secondary N) is 1. The smallest absolute Gasteiger partial charge is 0.0208 e. The van der Waals surface area contributed by atoms with Gasteiger partial charge >= 0.3 is 0 Å². The van der Waals surface area contributed by atoms with Gasteiger partial charge in [0.15, 0.2) is 0 Å². The lowest BCUT2D eigenvalue weighted by molar-refractivity contribution is 0.135. The number of rotatable bonds is 7. The standard InChI is InChI=1S/C18H29N3/c19-8-9-21-13-17(10-15-6-7-15)11-18(14-21)20-12-16-4-2-1-3-5-16/h1-5,15,17-18,20H,6-14,19H2. The van der Waals surface area contributed by atoms with Crippen LogP contribution in [0.15, 0.2) is 30.3 Å². The first-order valence-corrected chi connectivity index (χ1v) is 8.53. The van der Waals surface area contributed by atoms with Crippen molar-refractivity contribution in [2.45, 2.75) is 38.3 Å². The second-order valence-corrected chi connectivity index (χ2v) is 6.89. The Hall–Kier alpha value is -0.900. The molecule has 1 aliphatic heterocycles. The average Bonchev–Trinajstić information content (AvgIpc) is 3.30. The summed E-state index contributed by atoms with van der Waals surface area (Å²) in [5.74, 6) is 1.90. The van der Waals surface area contributed by atoms with E-state index in [0.29, 0.717) is 6.04 Å². The third-order valence-corrected chi connectivity index (χ3v) is 4.86. The van der Waals surface area contributed by atoms with E-state index in [2.05, 4.69) is 40.5 Å². The lowest BCUT2D eigenvalue weighted by Gasteiger charge is -2.38. The first kappa shape index (κ1) is 15.0. The van der Waals surface area contributed by atoms with Crippen LogP contribution in [-0.2, 0) is 6.54 Å². The fourth-order valence-electron chi connectivity index (χ4n) is 3.67. The van der Waals surface area contributed by atoms with E-state index in [1.807, 2.05) is 0 Å². The largest absolute Gasteiger partial charge is 0.329 e. The Morgan fingerprint density at radius 3 is 2.62 bits per heavy atom. The maximum absolute atomic E-state index is 5.77. The summed E-state index contributed by atoms with van der Waals surface area (Å²) >= 11 is 0. The van der Waals surface area contributed by atoms with Crippen molar-refractivity contribution < 1.29 is 0 Å². The summed E-state index contributed by atoms with van der Waals surface area (Å²) in [5, 5.41) is 3.77. The topological polar surface area (TPSA) is 41.3 Å². The summed E-state index contributed by atoms with van der Waals surface area (Å²) in [6.07, 6.45) is 5.71. The molecule has 3 N–H and O–H groups in total. The van der Waals surface area contributed by atoms with Gasteiger partial charge in [-0.15, -0.1) is 0 Å². The highest BCUT2D eigenvalue weighted by Crippen LogP contribution is 2.37. The van der Waals surface area contributed by atoms with Crippen molar-refractivity contribution in [1.29, 1.82) is 0 Å². The van der Waals surface area contributed by atoms with Crippen molar-refractivity contribution in [2.75, 3.05) is 26.2 Å². The summed E-state index contributed by atoms with van der Waals surface area (Å²) in [6, 6.07) is 11.3. The lowest BCUT2D eigenvalue weighted by Crippen LogP contribution is -2.50. The second kappa shape index (κ2) is 7.39. The van der Waals surface area contributed by atoms with Gasteiger partial charge in [0.1, 0.15) is 0 Å². The van der Waals surface area contributed by atoms with Crippen LogP contribution in [0.5, 0.6) is 0 Å². The van der Waals surface area contributed by atoms with Crippen LogP contribution >= 0.6 is 0 Å². The average molecular weight is 287 g/mol. The van der Waals surface area contributed by atoms with Gasteiger partial charge in [0, 0.05) is 38.8 Å². The van der Waals surface area contributed by atoms with Gasteiger partial charge in [-0.25, -0.2) is 0 Å². The van der Waals surface area contributed by atoms with E-state index in [0.717, 1.165) is 38.0 Å². The van der Waals surface area contributed by atoms with Crippen LogP contribution in [-0.4, -0.2) is 37.1 Å². The Bertz CT molecular complexity index is 416. The number of hydrogen-bond acceptors (Lipinski definition) is 3. The molecule has 1 aromatic rings. The van der Waals surface area contributed by atoms with Gasteiger partial charge in [-0.1, -0.05) is 43.2 Å². The van der Waals surface area contributed by atoms with Crippen LogP contribution in [0.4, 0.5) is 0 Å². The van der Waals surface area contributed by atoms with Crippen molar-refractivity contribution in [3.05, 3.63) is 35.9 Å². The maximum atomic E-state index is 5.77. The van der Waals surface area contributed by atoms with Crippen LogP contribution in [0.3, 0.4) is 0 Å². The SMILES string of the molecule is NCCN1CC(CC2CC2)CC(NCc2ccccc2)C1. The number of hydrogen-bond donors (Lipinski definition) is 2. The molecule has 0 aromatic heterocycles. The van der Waals surface area contributed by atoms with Crippen LogP contribution in [0.25, 0.3) is 0 Å². The van der Waals surface area contributed by atoms with Gasteiger partial charge in [-0.05, 0) is 30.2 Å². The summed E-state index contributed by atoms with van der Waals surface area (Å²) in [6.45, 7) is 5.23. The van der Waals surface area contributed by atoms with E-state index >= 15 is 0 Å². The number of nitrogens with zero attached hydrogens (tertiary/aromatic N) is 1. The molecule has 2 unspecified atom stereocenters. The molecule has 116 valence electrons. The van der Waals surface area contributed by atoms with Crippen molar-refractivity contribution in [3.63, 3.8) is 0 Å². The minimum atomic E-state index is 0.620. The minimum Gasteiger partial charge on any atom is -0.329 e. The molecule has 0 bridgehead atoms. The molecule has 21 heavy (non-hydrogen) atoms. The summed E-state index contributed by atoms with van der Waals surface area (Å²) in [4.78, 5) is 2.57. The number of piperidine rings is 1. The third kappa shape index (κ3) is 4.80. The molecule has 3 heteroatoms. The fraction of sp³-hybridized carbons (Fsp3) is 0.667. The molecule has 2 atom stereocenters. The molecule has 1 heterocycles. The van der Waals surface area contributed by atoms with E-state index in [-0.39, 0.29) is 0 Å². The van der Waals surface area contributed by atoms with Gasteiger partial charge < -0.3 is 16.0 Å². The second-order valence-electron chi connectivity index (χ2n) is 6.89. The molecule has 2 fully saturated rings. The van der Waals surface area contributed by atoms with Crippen molar-refractivity contribution >= 4 is 0 Å². The first-order chi connectivity index (χ1) is 10.3. The highest BCUT2D eigenvalue weighted by atomic mass is 15.2. The van der Waals surface area contributed by atoms with E-state index < -0.39 is 0 Å². The molecule has 2 aliphatic rings. The van der Waals surface area contributed by atoms with Crippen LogP contribution in [0.1, 0.15) is 31.2 Å². The lowest BCUT2D eigenvalue weighted by atomic mass is 9.89. The maximum Gasteiger partial charge on any atom is 0.0208 e. The van der Waals surface area contributed by atoms with Gasteiger partial charge in [0.2, 0.25) is 0 Å². The minimum absolute atomic E-state index is 0.620. The first-order valence-electron chi connectivity index (χ1n) is 8.53. The molecule has 1 aromatic carbocycles. The molecule has 1 saturated heterocycles. The highest BCUT2D eigenvalue weighted by Gasteiger charge is 2.31. The number of nitrogens with two attached hydrogens (primary N) is 1. The molecule has 3 nitrogen and oxygen atoms in total. The van der Waals surface area contributed by atoms with Gasteiger partial charge in [-0.2, -0.15) is 0 Å². The van der Waals surface area contributed by atoms with E-state index in [9.17, 15) is 0 Å². The van der Waals surface area contributed by atoms with Crippen molar-refractivity contribution in [1.82, 2.24) is 10.2 Å². The zero-order chi connectivity index (χ0) is 14.5. The number of benzene rings is 1. The van der Waals surface area contributed by atoms with Gasteiger partial charge in [0.25, 0.3) is 0 Å². The predicted molar refractivity (Wildman–Crippen MR) is 88.0 cm³/mol. The molecule has 1 aliphatic carbocycles. The normalized spacial score (nSPS) is 26.9. The summed E-state index contributed by atoms with van der Waals surface area (Å²) in [5.41, 5.74) is 7.15. The molecule has 0 amide bonds. The quantitative estimate of drug-likeness (QED) is 0.808. The molecular weight excluding hydrogens is 258 g/mol. The Morgan fingerprint density at radius 2 is 1.90 bits per heavy atom. The Balaban J connectivity index is 1.52. The molecule has 3 rings (SSSR count). The monoisotopic (exact) mass is 287 g/mol. The molecular formula is C18H29N3. The Morgan fingerprint density at radius 1 is 1.10 bits per heavy atom. The van der Waals surface area contributed by atoms with Crippen LogP contribution in [0.2, 0.25) is 0 Å². The molecule has 0 spiro atoms. The zero-order valence-electron chi connectivity index (χ0n) is 13.0. The Labute approximate surface area is 128 Å². The molecule has 0 radical (unpaired) electrons. The van der Waals surface area contributed by atoms with Crippen molar-refractivity contribution in [3.8, 4) is 0 Å². The van der Waals surface area contributed by atoms with Crippen molar-refractivity contribution in [2.24, 2.45) is 17.6 Å². The summed E-state index contributed by atoms with van der Waals surface area (Å²) < 4.78 is 0. The van der Waals surface area contributed by atoms with E-state index in [1.165, 1.54) is 37.8 Å². The highest BCUT2D eigenvalue weighted by molar-refractivity contribution is 5.14. The van der Waals surface area contributed by atoms with Crippen LogP contribution in [0, 0.1) is 11.8 Å². The zero-order valence-corrected chi connectivity index (χ0v) is 13.0. The van der Waals surface area contributed by atoms with Gasteiger partial charge in [0.05, 0.1) is 0 Å². The Kier molecular flexibility index (Phi) is 5.28. The summed E-state index contributed by atoms with van der Waals surface area (Å²) in [7, 11) is 0. The number of likely N-dealkylation sites (tertiary alicyclic amines) is 1. The van der Waals surface area contributed by atoms with Gasteiger partial charge in [-0.3, -0.25) is 0 Å². The molecule has 1 saturated carbocycles. The third-order valence-electron chi connectivity index (χ3n) is 4.86. The fourth-order valence-corrected chi connectivity index (χ4v) is 3.67. The van der Waals surface area contributed by atoms with E-state index in [4.69, 9.17) is 5.73 Å². The predicted octanol–water partition coefficient (Wildman–Crippen LogP) is 2.23.